The normalized spacial score (nSPS) is 18.0. The number of aromatic nitrogens is 3. The molecule has 0 bridgehead atoms. The zero-order chi connectivity index (χ0) is 16.5. The van der Waals surface area contributed by atoms with Crippen LogP contribution in [0.3, 0.4) is 0 Å². The zero-order valence-corrected chi connectivity index (χ0v) is 13.5. The van der Waals surface area contributed by atoms with Gasteiger partial charge in [0.25, 0.3) is 5.91 Å². The zero-order valence-electron chi connectivity index (χ0n) is 13.5. The summed E-state index contributed by atoms with van der Waals surface area (Å²) in [5.41, 5.74) is 2.51. The summed E-state index contributed by atoms with van der Waals surface area (Å²) in [4.78, 5) is 16.6. The molecule has 124 valence electrons. The molecule has 2 aromatic heterocycles. The maximum Gasteiger partial charge on any atom is 0.276 e. The van der Waals surface area contributed by atoms with Gasteiger partial charge in [0.05, 0.1) is 6.04 Å². The van der Waals surface area contributed by atoms with E-state index >= 15 is 0 Å². The molecule has 1 atom stereocenters. The third-order valence-electron chi connectivity index (χ3n) is 4.24. The highest BCUT2D eigenvalue weighted by atomic mass is 16.3. The first kappa shape index (κ1) is 14.9. The Morgan fingerprint density at radius 1 is 1.42 bits per heavy atom. The van der Waals surface area contributed by atoms with Gasteiger partial charge in [0.1, 0.15) is 5.52 Å². The van der Waals surface area contributed by atoms with E-state index in [1.165, 1.54) is 0 Å². The van der Waals surface area contributed by atoms with Gasteiger partial charge in [-0.1, -0.05) is 0 Å². The molecule has 0 aliphatic carbocycles. The monoisotopic (exact) mass is 325 g/mol. The number of aryl methyl sites for hydroxylation is 1. The Labute approximate surface area is 139 Å². The Balaban J connectivity index is 1.49. The molecule has 2 N–H and O–H groups in total. The van der Waals surface area contributed by atoms with Crippen molar-refractivity contribution in [3.8, 4) is 0 Å². The number of nitrogens with one attached hydrogen (secondary N) is 2. The van der Waals surface area contributed by atoms with Crippen LogP contribution in [0, 0.1) is 6.92 Å². The number of carbonyl (C=O) groups excluding carboxylic acids is 1. The molecule has 0 spiro atoms. The molecular weight excluding hydrogens is 306 g/mol. The van der Waals surface area contributed by atoms with E-state index in [2.05, 4.69) is 20.7 Å². The van der Waals surface area contributed by atoms with Crippen LogP contribution in [0.2, 0.25) is 0 Å². The fraction of sp³-hybridized carbons (Fsp3) is 0.353. The van der Waals surface area contributed by atoms with Crippen LogP contribution in [0.1, 0.15) is 35.3 Å². The van der Waals surface area contributed by atoms with Gasteiger partial charge in [0.15, 0.2) is 17.2 Å². The Morgan fingerprint density at radius 3 is 3.17 bits per heavy atom. The van der Waals surface area contributed by atoms with Gasteiger partial charge in [-0.05, 0) is 37.6 Å². The van der Waals surface area contributed by atoms with E-state index in [0.29, 0.717) is 28.9 Å². The van der Waals surface area contributed by atoms with Crippen LogP contribution in [0.15, 0.2) is 34.9 Å². The first-order valence-electron chi connectivity index (χ1n) is 8.13. The summed E-state index contributed by atoms with van der Waals surface area (Å²) in [6.45, 7) is 3.74. The number of benzene rings is 1. The predicted molar refractivity (Wildman–Crippen MR) is 90.1 cm³/mol. The van der Waals surface area contributed by atoms with Crippen LogP contribution in [0.4, 0.5) is 5.69 Å². The lowest BCUT2D eigenvalue weighted by Crippen LogP contribution is -2.32. The summed E-state index contributed by atoms with van der Waals surface area (Å²) in [5, 5.41) is 10.6. The smallest absolute Gasteiger partial charge is 0.276 e. The van der Waals surface area contributed by atoms with Gasteiger partial charge < -0.3 is 15.1 Å². The molecule has 7 nitrogen and oxygen atoms in total. The van der Waals surface area contributed by atoms with Gasteiger partial charge in [-0.15, -0.1) is 0 Å². The lowest BCUT2D eigenvalue weighted by Gasteiger charge is -2.22. The first-order chi connectivity index (χ1) is 11.7. The number of fused-ring (bicyclic) bond motifs is 1. The van der Waals surface area contributed by atoms with E-state index in [-0.39, 0.29) is 5.91 Å². The molecule has 1 aliphatic rings. The van der Waals surface area contributed by atoms with Crippen molar-refractivity contribution < 1.29 is 9.21 Å². The van der Waals surface area contributed by atoms with Crippen LogP contribution >= 0.6 is 0 Å². The van der Waals surface area contributed by atoms with Crippen LogP contribution in [0.5, 0.6) is 0 Å². The number of nitrogens with zero attached hydrogens (tertiary/aromatic N) is 3. The fourth-order valence-electron chi connectivity index (χ4n) is 3.03. The number of piperidine rings is 1. The molecular formula is C17H19N5O2. The van der Waals surface area contributed by atoms with Gasteiger partial charge in [0, 0.05) is 31.4 Å². The summed E-state index contributed by atoms with van der Waals surface area (Å²) in [5.74, 6) is 0.376. The molecule has 0 radical (unpaired) electrons. The summed E-state index contributed by atoms with van der Waals surface area (Å²) < 4.78 is 7.37. The minimum absolute atomic E-state index is 0.229. The van der Waals surface area contributed by atoms with Crippen LogP contribution in [-0.4, -0.2) is 33.8 Å². The summed E-state index contributed by atoms with van der Waals surface area (Å²) in [7, 11) is 0. The first-order valence-corrected chi connectivity index (χ1v) is 8.13. The Hall–Kier alpha value is -2.67. The summed E-state index contributed by atoms with van der Waals surface area (Å²) in [6, 6.07) is 7.47. The SMILES string of the molecule is Cc1nc2ccc(NC(=O)c3ccn(C4CCCNC4)n3)cc2o1. The molecule has 1 saturated heterocycles. The van der Waals surface area contributed by atoms with Crippen molar-refractivity contribution in [2.75, 3.05) is 18.4 Å². The van der Waals surface area contributed by atoms with Gasteiger partial charge >= 0.3 is 0 Å². The van der Waals surface area contributed by atoms with Crippen LogP contribution < -0.4 is 10.6 Å². The van der Waals surface area contributed by atoms with Gasteiger partial charge in [-0.25, -0.2) is 4.98 Å². The molecule has 1 amide bonds. The second kappa shape index (κ2) is 6.09. The van der Waals surface area contributed by atoms with Crippen LogP contribution in [-0.2, 0) is 0 Å². The van der Waals surface area contributed by atoms with Crippen molar-refractivity contribution in [2.24, 2.45) is 0 Å². The lowest BCUT2D eigenvalue weighted by atomic mass is 10.1. The van der Waals surface area contributed by atoms with Crippen molar-refractivity contribution in [3.05, 3.63) is 42.0 Å². The van der Waals surface area contributed by atoms with Gasteiger partial charge in [-0.3, -0.25) is 9.48 Å². The number of carbonyl (C=O) groups is 1. The topological polar surface area (TPSA) is 85.0 Å². The third kappa shape index (κ3) is 2.90. The van der Waals surface area contributed by atoms with E-state index in [1.807, 2.05) is 23.0 Å². The number of amides is 1. The van der Waals surface area contributed by atoms with E-state index < -0.39 is 0 Å². The molecule has 7 heteroatoms. The number of hydrogen-bond donors (Lipinski definition) is 2. The maximum absolute atomic E-state index is 12.4. The molecule has 3 heterocycles. The molecule has 1 aliphatic heterocycles. The third-order valence-corrected chi connectivity index (χ3v) is 4.24. The van der Waals surface area contributed by atoms with E-state index in [1.54, 1.807) is 19.1 Å². The highest BCUT2D eigenvalue weighted by Crippen LogP contribution is 2.21. The van der Waals surface area contributed by atoms with Crippen molar-refractivity contribution in [1.82, 2.24) is 20.1 Å². The molecule has 3 aromatic rings. The highest BCUT2D eigenvalue weighted by molar-refractivity contribution is 6.03. The van der Waals surface area contributed by atoms with E-state index in [4.69, 9.17) is 4.42 Å². The Bertz CT molecular complexity index is 876. The number of anilines is 1. The molecule has 4 rings (SSSR count). The van der Waals surface area contributed by atoms with Crippen molar-refractivity contribution >= 4 is 22.7 Å². The number of rotatable bonds is 3. The average molecular weight is 325 g/mol. The summed E-state index contributed by atoms with van der Waals surface area (Å²) >= 11 is 0. The van der Waals surface area contributed by atoms with Gasteiger partial charge in [-0.2, -0.15) is 5.10 Å². The minimum atomic E-state index is -0.229. The maximum atomic E-state index is 12.4. The number of oxazole rings is 1. The summed E-state index contributed by atoms with van der Waals surface area (Å²) in [6.07, 6.45) is 4.08. The van der Waals surface area contributed by atoms with Crippen molar-refractivity contribution in [3.63, 3.8) is 0 Å². The van der Waals surface area contributed by atoms with E-state index in [0.717, 1.165) is 31.4 Å². The average Bonchev–Trinajstić information content (AvgIpc) is 3.21. The number of hydrogen-bond acceptors (Lipinski definition) is 5. The fourth-order valence-corrected chi connectivity index (χ4v) is 3.03. The van der Waals surface area contributed by atoms with Crippen LogP contribution in [0.25, 0.3) is 11.1 Å². The second-order valence-corrected chi connectivity index (χ2v) is 6.05. The Kier molecular flexibility index (Phi) is 3.78. The largest absolute Gasteiger partial charge is 0.441 e. The molecule has 24 heavy (non-hydrogen) atoms. The predicted octanol–water partition coefficient (Wildman–Crippen LogP) is 2.51. The quantitative estimate of drug-likeness (QED) is 0.773. The Morgan fingerprint density at radius 2 is 2.33 bits per heavy atom. The van der Waals surface area contributed by atoms with Crippen molar-refractivity contribution in [2.45, 2.75) is 25.8 Å². The molecule has 0 saturated carbocycles. The molecule has 1 fully saturated rings. The molecule has 1 aromatic carbocycles. The standard InChI is InChI=1S/C17H19N5O2/c1-11-19-14-5-4-12(9-16(14)24-11)20-17(23)15-6-8-22(21-15)13-3-2-7-18-10-13/h4-6,8-9,13,18H,2-3,7,10H2,1H3,(H,20,23). The second-order valence-electron chi connectivity index (χ2n) is 6.05. The highest BCUT2D eigenvalue weighted by Gasteiger charge is 2.18. The van der Waals surface area contributed by atoms with E-state index in [9.17, 15) is 4.79 Å². The van der Waals surface area contributed by atoms with Gasteiger partial charge in [0.2, 0.25) is 0 Å². The lowest BCUT2D eigenvalue weighted by molar-refractivity contribution is 0.102. The molecule has 1 unspecified atom stereocenters. The van der Waals surface area contributed by atoms with Crippen molar-refractivity contribution in [1.29, 1.82) is 0 Å². The minimum Gasteiger partial charge on any atom is -0.441 e.